The third kappa shape index (κ3) is 2.11. The lowest BCUT2D eigenvalue weighted by molar-refractivity contribution is 0.809. The van der Waals surface area contributed by atoms with Crippen LogP contribution in [-0.4, -0.2) is 19.5 Å². The maximum Gasteiger partial charge on any atom is 0.164 e. The smallest absolute Gasteiger partial charge is 0.164 e. The van der Waals surface area contributed by atoms with Gasteiger partial charge in [0.25, 0.3) is 0 Å². The fourth-order valence-electron chi connectivity index (χ4n) is 2.37. The molecule has 5 heteroatoms. The Morgan fingerprint density at radius 3 is 2.70 bits per heavy atom. The van der Waals surface area contributed by atoms with Crippen molar-refractivity contribution in [2.75, 3.05) is 5.73 Å². The van der Waals surface area contributed by atoms with Crippen LogP contribution in [0.2, 0.25) is 0 Å². The molecule has 0 spiro atoms. The fourth-order valence-corrected chi connectivity index (χ4v) is 2.37. The van der Waals surface area contributed by atoms with Gasteiger partial charge in [0.15, 0.2) is 5.65 Å². The van der Waals surface area contributed by atoms with Gasteiger partial charge in [-0.3, -0.25) is 0 Å². The molecule has 0 bridgehead atoms. The van der Waals surface area contributed by atoms with Crippen LogP contribution < -0.4 is 5.73 Å². The molecule has 0 atom stereocenters. The van der Waals surface area contributed by atoms with Crippen molar-refractivity contribution in [1.29, 1.82) is 0 Å². The summed E-state index contributed by atoms with van der Waals surface area (Å²) in [5.74, 6) is 0.769. The zero-order valence-electron chi connectivity index (χ0n) is 11.9. The average molecular weight is 267 g/mol. The first kappa shape index (κ1) is 12.6. The molecule has 3 aromatic rings. The summed E-state index contributed by atoms with van der Waals surface area (Å²) in [6, 6.07) is 6.08. The highest BCUT2D eigenvalue weighted by molar-refractivity contribution is 5.73. The number of rotatable bonds is 2. The fraction of sp³-hybridized carbons (Fsp3) is 0.267. The van der Waals surface area contributed by atoms with Gasteiger partial charge in [0, 0.05) is 5.69 Å². The number of nitrogens with two attached hydrogens (primary N) is 1. The molecule has 0 saturated heterocycles. The molecule has 0 aliphatic heterocycles. The summed E-state index contributed by atoms with van der Waals surface area (Å²) >= 11 is 0. The Hall–Kier alpha value is -2.43. The van der Waals surface area contributed by atoms with Crippen molar-refractivity contribution < 1.29 is 0 Å². The minimum absolute atomic E-state index is 0.730. The number of aryl methyl sites for hydroxylation is 3. The molecule has 0 unspecified atom stereocenters. The SMILES string of the molecule is Cc1nc(C)c2ncn(Cc3ccc(N)c(C)c3)c2n1. The second-order valence-electron chi connectivity index (χ2n) is 5.09. The Morgan fingerprint density at radius 2 is 1.95 bits per heavy atom. The molecule has 0 amide bonds. The molecule has 0 aliphatic rings. The first-order valence-corrected chi connectivity index (χ1v) is 6.55. The van der Waals surface area contributed by atoms with E-state index in [1.807, 2.05) is 43.8 Å². The number of benzene rings is 1. The highest BCUT2D eigenvalue weighted by Crippen LogP contribution is 2.17. The molecular formula is C15H17N5. The van der Waals surface area contributed by atoms with Crippen LogP contribution in [-0.2, 0) is 6.54 Å². The molecule has 0 radical (unpaired) electrons. The number of imidazole rings is 1. The predicted octanol–water partition coefficient (Wildman–Crippen LogP) is 2.38. The van der Waals surface area contributed by atoms with Gasteiger partial charge in [0.2, 0.25) is 0 Å². The number of anilines is 1. The quantitative estimate of drug-likeness (QED) is 0.724. The lowest BCUT2D eigenvalue weighted by atomic mass is 10.1. The van der Waals surface area contributed by atoms with Gasteiger partial charge in [-0.25, -0.2) is 15.0 Å². The third-order valence-corrected chi connectivity index (χ3v) is 3.44. The van der Waals surface area contributed by atoms with Crippen molar-refractivity contribution in [3.05, 3.63) is 47.2 Å². The summed E-state index contributed by atoms with van der Waals surface area (Å²) < 4.78 is 2.04. The molecule has 20 heavy (non-hydrogen) atoms. The van der Waals surface area contributed by atoms with E-state index < -0.39 is 0 Å². The van der Waals surface area contributed by atoms with E-state index in [1.54, 1.807) is 0 Å². The molecule has 1 aromatic carbocycles. The summed E-state index contributed by atoms with van der Waals surface area (Å²) in [5, 5.41) is 0. The lowest BCUT2D eigenvalue weighted by Gasteiger charge is -2.07. The van der Waals surface area contributed by atoms with E-state index in [2.05, 4.69) is 21.0 Å². The summed E-state index contributed by atoms with van der Waals surface area (Å²) in [7, 11) is 0. The van der Waals surface area contributed by atoms with E-state index >= 15 is 0 Å². The number of aromatic nitrogens is 4. The summed E-state index contributed by atoms with van der Waals surface area (Å²) in [6.07, 6.45) is 1.82. The molecule has 0 fully saturated rings. The Morgan fingerprint density at radius 1 is 1.15 bits per heavy atom. The molecule has 2 heterocycles. The van der Waals surface area contributed by atoms with Crippen molar-refractivity contribution in [3.63, 3.8) is 0 Å². The van der Waals surface area contributed by atoms with Crippen molar-refractivity contribution in [2.45, 2.75) is 27.3 Å². The largest absolute Gasteiger partial charge is 0.399 e. The summed E-state index contributed by atoms with van der Waals surface area (Å²) in [4.78, 5) is 13.3. The standard InChI is InChI=1S/C15H17N5/c1-9-6-12(4-5-13(9)16)7-20-8-17-14-10(2)18-11(3)19-15(14)20/h4-6,8H,7,16H2,1-3H3. The molecule has 2 N–H and O–H groups in total. The Kier molecular flexibility index (Phi) is 2.89. The van der Waals surface area contributed by atoms with Crippen LogP contribution in [0.3, 0.4) is 0 Å². The van der Waals surface area contributed by atoms with Crippen molar-refractivity contribution in [2.24, 2.45) is 0 Å². The average Bonchev–Trinajstić information content (AvgIpc) is 2.77. The van der Waals surface area contributed by atoms with Crippen molar-refractivity contribution in [1.82, 2.24) is 19.5 Å². The van der Waals surface area contributed by atoms with E-state index in [4.69, 9.17) is 5.73 Å². The first-order chi connectivity index (χ1) is 9.54. The third-order valence-electron chi connectivity index (χ3n) is 3.44. The minimum Gasteiger partial charge on any atom is -0.399 e. The van der Waals surface area contributed by atoms with Crippen LogP contribution in [0.25, 0.3) is 11.2 Å². The maximum atomic E-state index is 5.85. The van der Waals surface area contributed by atoms with Crippen LogP contribution in [0.1, 0.15) is 22.6 Å². The number of nitrogen functional groups attached to an aromatic ring is 1. The maximum absolute atomic E-state index is 5.85. The molecule has 2 aromatic heterocycles. The van der Waals surface area contributed by atoms with E-state index in [0.29, 0.717) is 0 Å². The Balaban J connectivity index is 2.04. The summed E-state index contributed by atoms with van der Waals surface area (Å²) in [5.41, 5.74) is 11.6. The first-order valence-electron chi connectivity index (χ1n) is 6.55. The number of hydrogen-bond acceptors (Lipinski definition) is 4. The Labute approximate surface area is 117 Å². The highest BCUT2D eigenvalue weighted by Gasteiger charge is 2.09. The Bertz CT molecular complexity index is 788. The van der Waals surface area contributed by atoms with Gasteiger partial charge in [-0.05, 0) is 38.0 Å². The summed E-state index contributed by atoms with van der Waals surface area (Å²) in [6.45, 7) is 6.60. The topological polar surface area (TPSA) is 69.6 Å². The van der Waals surface area contributed by atoms with E-state index in [9.17, 15) is 0 Å². The van der Waals surface area contributed by atoms with Gasteiger partial charge in [-0.2, -0.15) is 0 Å². The molecule has 0 saturated carbocycles. The molecule has 102 valence electrons. The minimum atomic E-state index is 0.730. The van der Waals surface area contributed by atoms with Gasteiger partial charge < -0.3 is 10.3 Å². The van der Waals surface area contributed by atoms with Gasteiger partial charge in [-0.1, -0.05) is 12.1 Å². The van der Waals surface area contributed by atoms with Gasteiger partial charge in [0.1, 0.15) is 11.3 Å². The van der Waals surface area contributed by atoms with Crippen molar-refractivity contribution >= 4 is 16.9 Å². The normalized spacial score (nSPS) is 11.2. The van der Waals surface area contributed by atoms with Crippen LogP contribution >= 0.6 is 0 Å². The lowest BCUT2D eigenvalue weighted by Crippen LogP contribution is -2.02. The molecule has 0 aliphatic carbocycles. The monoisotopic (exact) mass is 267 g/mol. The molecular weight excluding hydrogens is 250 g/mol. The second-order valence-corrected chi connectivity index (χ2v) is 5.09. The van der Waals surface area contributed by atoms with Crippen LogP contribution in [0.4, 0.5) is 5.69 Å². The van der Waals surface area contributed by atoms with Crippen LogP contribution in [0.5, 0.6) is 0 Å². The van der Waals surface area contributed by atoms with E-state index in [1.165, 1.54) is 5.56 Å². The number of hydrogen-bond donors (Lipinski definition) is 1. The van der Waals surface area contributed by atoms with E-state index in [-0.39, 0.29) is 0 Å². The van der Waals surface area contributed by atoms with Crippen molar-refractivity contribution in [3.8, 4) is 0 Å². The zero-order chi connectivity index (χ0) is 14.3. The van der Waals surface area contributed by atoms with Gasteiger partial charge in [0.05, 0.1) is 18.6 Å². The van der Waals surface area contributed by atoms with E-state index in [0.717, 1.165) is 40.5 Å². The zero-order valence-corrected chi connectivity index (χ0v) is 11.9. The van der Waals surface area contributed by atoms with Crippen LogP contribution in [0, 0.1) is 20.8 Å². The van der Waals surface area contributed by atoms with Gasteiger partial charge in [-0.15, -0.1) is 0 Å². The van der Waals surface area contributed by atoms with Gasteiger partial charge >= 0.3 is 0 Å². The number of fused-ring (bicyclic) bond motifs is 1. The predicted molar refractivity (Wildman–Crippen MR) is 79.5 cm³/mol. The van der Waals surface area contributed by atoms with Crippen LogP contribution in [0.15, 0.2) is 24.5 Å². The molecule has 3 rings (SSSR count). The second kappa shape index (κ2) is 4.59. The number of nitrogens with zero attached hydrogens (tertiary/aromatic N) is 4. The molecule has 5 nitrogen and oxygen atoms in total. The highest BCUT2D eigenvalue weighted by atomic mass is 15.1.